The maximum Gasteiger partial charge on any atom is 0.226 e. The Labute approximate surface area is 97.1 Å². The summed E-state index contributed by atoms with van der Waals surface area (Å²) in [4.78, 5) is 10.5. The van der Waals surface area contributed by atoms with Crippen LogP contribution in [0, 0.1) is 11.8 Å². The van der Waals surface area contributed by atoms with E-state index in [0.29, 0.717) is 0 Å². The molecule has 0 saturated heterocycles. The van der Waals surface area contributed by atoms with Crippen LogP contribution in [0.2, 0.25) is 0 Å². The average Bonchev–Trinajstić information content (AvgIpc) is 3.10. The van der Waals surface area contributed by atoms with E-state index >= 15 is 0 Å². The molecule has 0 bridgehead atoms. The molecule has 1 atom stereocenters. The molecular weight excluding hydrogens is 200 g/mol. The SMILES string of the molecule is CC(CNc1ccnc(N(C)C)n1)C1CC1. The summed E-state index contributed by atoms with van der Waals surface area (Å²) in [6.07, 6.45) is 4.59. The van der Waals surface area contributed by atoms with Gasteiger partial charge in [-0.3, -0.25) is 0 Å². The van der Waals surface area contributed by atoms with Crippen LogP contribution < -0.4 is 10.2 Å². The van der Waals surface area contributed by atoms with Crippen molar-refractivity contribution in [3.05, 3.63) is 12.3 Å². The molecule has 0 aromatic carbocycles. The third kappa shape index (κ3) is 2.84. The van der Waals surface area contributed by atoms with Crippen LogP contribution >= 0.6 is 0 Å². The van der Waals surface area contributed by atoms with Crippen LogP contribution in [0.1, 0.15) is 19.8 Å². The van der Waals surface area contributed by atoms with Gasteiger partial charge in [-0.2, -0.15) is 4.98 Å². The van der Waals surface area contributed by atoms with Gasteiger partial charge in [-0.25, -0.2) is 4.98 Å². The van der Waals surface area contributed by atoms with E-state index in [-0.39, 0.29) is 0 Å². The summed E-state index contributed by atoms with van der Waals surface area (Å²) in [5, 5.41) is 3.38. The van der Waals surface area contributed by atoms with Crippen LogP contribution in [0.3, 0.4) is 0 Å². The fraction of sp³-hybridized carbons (Fsp3) is 0.667. The second-order valence-electron chi connectivity index (χ2n) is 4.83. The standard InChI is InChI=1S/C12H20N4/c1-9(10-4-5-10)8-14-11-6-7-13-12(15-11)16(2)3/h6-7,9-10H,4-5,8H2,1-3H3,(H,13,14,15). The van der Waals surface area contributed by atoms with E-state index in [1.807, 2.05) is 25.1 Å². The molecular formula is C12H20N4. The van der Waals surface area contributed by atoms with E-state index < -0.39 is 0 Å². The zero-order valence-electron chi connectivity index (χ0n) is 10.3. The summed E-state index contributed by atoms with van der Waals surface area (Å²) in [6, 6.07) is 1.92. The van der Waals surface area contributed by atoms with Crippen molar-refractivity contribution in [3.8, 4) is 0 Å². The van der Waals surface area contributed by atoms with Gasteiger partial charge in [-0.05, 0) is 30.7 Å². The van der Waals surface area contributed by atoms with Crippen molar-refractivity contribution in [1.29, 1.82) is 0 Å². The smallest absolute Gasteiger partial charge is 0.226 e. The number of hydrogen-bond donors (Lipinski definition) is 1. The average molecular weight is 220 g/mol. The molecule has 1 aromatic heterocycles. The highest BCUT2D eigenvalue weighted by atomic mass is 15.2. The Balaban J connectivity index is 1.90. The Bertz CT molecular complexity index is 347. The van der Waals surface area contributed by atoms with E-state index in [4.69, 9.17) is 0 Å². The molecule has 1 aromatic rings. The van der Waals surface area contributed by atoms with Crippen molar-refractivity contribution < 1.29 is 0 Å². The summed E-state index contributed by atoms with van der Waals surface area (Å²) in [7, 11) is 3.90. The van der Waals surface area contributed by atoms with Crippen molar-refractivity contribution in [2.75, 3.05) is 30.9 Å². The lowest BCUT2D eigenvalue weighted by atomic mass is 10.1. The summed E-state index contributed by atoms with van der Waals surface area (Å²) in [5.74, 6) is 3.36. The first-order valence-corrected chi connectivity index (χ1v) is 5.91. The van der Waals surface area contributed by atoms with Crippen molar-refractivity contribution in [2.45, 2.75) is 19.8 Å². The minimum absolute atomic E-state index is 0.748. The highest BCUT2D eigenvalue weighted by molar-refractivity contribution is 5.40. The molecule has 4 nitrogen and oxygen atoms in total. The van der Waals surface area contributed by atoms with Crippen LogP contribution in [-0.4, -0.2) is 30.6 Å². The maximum absolute atomic E-state index is 4.43. The predicted molar refractivity (Wildman–Crippen MR) is 66.7 cm³/mol. The third-order valence-electron chi connectivity index (χ3n) is 3.07. The topological polar surface area (TPSA) is 41.1 Å². The van der Waals surface area contributed by atoms with Gasteiger partial charge in [0.2, 0.25) is 5.95 Å². The minimum Gasteiger partial charge on any atom is -0.370 e. The van der Waals surface area contributed by atoms with E-state index in [9.17, 15) is 0 Å². The van der Waals surface area contributed by atoms with Crippen molar-refractivity contribution in [3.63, 3.8) is 0 Å². The molecule has 0 spiro atoms. The summed E-state index contributed by atoms with van der Waals surface area (Å²) >= 11 is 0. The summed E-state index contributed by atoms with van der Waals surface area (Å²) in [5.41, 5.74) is 0. The quantitative estimate of drug-likeness (QED) is 0.824. The maximum atomic E-state index is 4.43. The molecule has 16 heavy (non-hydrogen) atoms. The van der Waals surface area contributed by atoms with Crippen LogP contribution in [0.25, 0.3) is 0 Å². The number of rotatable bonds is 5. The molecule has 1 fully saturated rings. The van der Waals surface area contributed by atoms with Gasteiger partial charge in [0.1, 0.15) is 5.82 Å². The van der Waals surface area contributed by atoms with E-state index in [2.05, 4.69) is 22.2 Å². The molecule has 1 aliphatic carbocycles. The second-order valence-corrected chi connectivity index (χ2v) is 4.83. The predicted octanol–water partition coefficient (Wildman–Crippen LogP) is 2.00. The largest absolute Gasteiger partial charge is 0.370 e. The first kappa shape index (κ1) is 11.2. The van der Waals surface area contributed by atoms with Gasteiger partial charge < -0.3 is 10.2 Å². The molecule has 1 saturated carbocycles. The fourth-order valence-electron chi connectivity index (χ4n) is 1.76. The highest BCUT2D eigenvalue weighted by Gasteiger charge is 2.27. The van der Waals surface area contributed by atoms with Crippen molar-refractivity contribution in [1.82, 2.24) is 9.97 Å². The number of anilines is 2. The number of nitrogens with one attached hydrogen (secondary N) is 1. The van der Waals surface area contributed by atoms with Gasteiger partial charge in [-0.15, -0.1) is 0 Å². The van der Waals surface area contributed by atoms with E-state index in [0.717, 1.165) is 30.1 Å². The number of nitrogens with zero attached hydrogens (tertiary/aromatic N) is 3. The zero-order chi connectivity index (χ0) is 11.5. The molecule has 1 N–H and O–H groups in total. The first-order valence-electron chi connectivity index (χ1n) is 5.91. The Morgan fingerprint density at radius 3 is 2.88 bits per heavy atom. The van der Waals surface area contributed by atoms with Gasteiger partial charge in [0.15, 0.2) is 0 Å². The van der Waals surface area contributed by atoms with Gasteiger partial charge in [-0.1, -0.05) is 6.92 Å². The van der Waals surface area contributed by atoms with Crippen LogP contribution in [0.15, 0.2) is 12.3 Å². The molecule has 0 radical (unpaired) electrons. The highest BCUT2D eigenvalue weighted by Crippen LogP contribution is 2.36. The Kier molecular flexibility index (Phi) is 3.27. The Hall–Kier alpha value is -1.32. The van der Waals surface area contributed by atoms with Crippen LogP contribution in [0.4, 0.5) is 11.8 Å². The lowest BCUT2D eigenvalue weighted by Crippen LogP contribution is -2.16. The molecule has 2 rings (SSSR count). The van der Waals surface area contributed by atoms with Gasteiger partial charge >= 0.3 is 0 Å². The monoisotopic (exact) mass is 220 g/mol. The van der Waals surface area contributed by atoms with E-state index in [1.165, 1.54) is 12.8 Å². The zero-order valence-corrected chi connectivity index (χ0v) is 10.3. The molecule has 1 unspecified atom stereocenters. The van der Waals surface area contributed by atoms with Gasteiger partial charge in [0, 0.05) is 26.8 Å². The molecule has 1 heterocycles. The van der Waals surface area contributed by atoms with E-state index in [1.54, 1.807) is 6.20 Å². The number of hydrogen-bond acceptors (Lipinski definition) is 4. The van der Waals surface area contributed by atoms with Crippen molar-refractivity contribution >= 4 is 11.8 Å². The number of aromatic nitrogens is 2. The molecule has 0 aliphatic heterocycles. The Morgan fingerprint density at radius 2 is 2.25 bits per heavy atom. The lowest BCUT2D eigenvalue weighted by Gasteiger charge is -2.14. The first-order chi connectivity index (χ1) is 7.66. The van der Waals surface area contributed by atoms with Gasteiger partial charge in [0.25, 0.3) is 0 Å². The molecule has 88 valence electrons. The normalized spacial score (nSPS) is 16.9. The fourth-order valence-corrected chi connectivity index (χ4v) is 1.76. The van der Waals surface area contributed by atoms with Crippen LogP contribution in [0.5, 0.6) is 0 Å². The molecule has 1 aliphatic rings. The van der Waals surface area contributed by atoms with Gasteiger partial charge in [0.05, 0.1) is 0 Å². The molecule has 4 heteroatoms. The lowest BCUT2D eigenvalue weighted by molar-refractivity contribution is 0.536. The summed E-state index contributed by atoms with van der Waals surface area (Å²) in [6.45, 7) is 3.31. The Morgan fingerprint density at radius 1 is 1.50 bits per heavy atom. The third-order valence-corrected chi connectivity index (χ3v) is 3.07. The second kappa shape index (κ2) is 4.68. The van der Waals surface area contributed by atoms with Crippen LogP contribution in [-0.2, 0) is 0 Å². The minimum atomic E-state index is 0.748. The summed E-state index contributed by atoms with van der Waals surface area (Å²) < 4.78 is 0. The van der Waals surface area contributed by atoms with Crippen molar-refractivity contribution in [2.24, 2.45) is 11.8 Å². The molecule has 0 amide bonds.